The Kier molecular flexibility index (Phi) is 4.90. The SMILES string of the molecule is O=C(c1cc(Cl)cc(Cl)c1)N1C[C@H](O)[C@@H](N2CCOCC2)C1. The lowest BCUT2D eigenvalue weighted by Gasteiger charge is -2.33. The number of hydrogen-bond donors (Lipinski definition) is 1. The molecule has 0 aliphatic carbocycles. The van der Waals surface area contributed by atoms with Crippen LogP contribution in [0.4, 0.5) is 0 Å². The highest BCUT2D eigenvalue weighted by Gasteiger charge is 2.38. The summed E-state index contributed by atoms with van der Waals surface area (Å²) in [5, 5.41) is 11.1. The Morgan fingerprint density at radius 3 is 2.41 bits per heavy atom. The van der Waals surface area contributed by atoms with Gasteiger partial charge in [0, 0.05) is 41.8 Å². The number of amides is 1. The van der Waals surface area contributed by atoms with Crippen LogP contribution in [0.1, 0.15) is 10.4 Å². The van der Waals surface area contributed by atoms with E-state index < -0.39 is 6.10 Å². The standard InChI is InChI=1S/C15H18Cl2N2O3/c16-11-5-10(6-12(17)7-11)15(21)19-8-13(14(20)9-19)18-1-3-22-4-2-18/h5-7,13-14,20H,1-4,8-9H2/t13-,14-/m0/s1. The summed E-state index contributed by atoms with van der Waals surface area (Å²) in [6.07, 6.45) is -0.545. The number of likely N-dealkylation sites (tertiary alicyclic amines) is 1. The molecule has 2 aliphatic rings. The van der Waals surface area contributed by atoms with Gasteiger partial charge in [-0.05, 0) is 18.2 Å². The molecule has 120 valence electrons. The molecule has 1 amide bonds. The van der Waals surface area contributed by atoms with Crippen molar-refractivity contribution in [3.8, 4) is 0 Å². The fourth-order valence-corrected chi connectivity index (χ4v) is 3.59. The van der Waals surface area contributed by atoms with Gasteiger partial charge in [-0.25, -0.2) is 0 Å². The summed E-state index contributed by atoms with van der Waals surface area (Å²) in [6, 6.07) is 4.76. The van der Waals surface area contributed by atoms with E-state index in [1.165, 1.54) is 0 Å². The van der Waals surface area contributed by atoms with Crippen LogP contribution < -0.4 is 0 Å². The van der Waals surface area contributed by atoms with Crippen LogP contribution in [0.15, 0.2) is 18.2 Å². The summed E-state index contributed by atoms with van der Waals surface area (Å²) in [5.41, 5.74) is 0.451. The molecule has 3 rings (SSSR count). The lowest BCUT2D eigenvalue weighted by atomic mass is 10.1. The largest absolute Gasteiger partial charge is 0.390 e. The van der Waals surface area contributed by atoms with Gasteiger partial charge >= 0.3 is 0 Å². The van der Waals surface area contributed by atoms with Crippen LogP contribution in [0.2, 0.25) is 10.0 Å². The molecule has 2 atom stereocenters. The quantitative estimate of drug-likeness (QED) is 0.883. The van der Waals surface area contributed by atoms with Crippen LogP contribution in [-0.2, 0) is 4.74 Å². The van der Waals surface area contributed by atoms with Crippen molar-refractivity contribution in [1.29, 1.82) is 0 Å². The van der Waals surface area contributed by atoms with Gasteiger partial charge in [0.25, 0.3) is 5.91 Å². The second-order valence-corrected chi connectivity index (χ2v) is 6.52. The fourth-order valence-electron chi connectivity index (χ4n) is 3.06. The van der Waals surface area contributed by atoms with E-state index in [2.05, 4.69) is 4.90 Å². The smallest absolute Gasteiger partial charge is 0.254 e. The number of carbonyl (C=O) groups is 1. The Balaban J connectivity index is 1.71. The maximum absolute atomic E-state index is 12.6. The Bertz CT molecular complexity index is 543. The molecule has 5 nitrogen and oxygen atoms in total. The molecule has 0 bridgehead atoms. The van der Waals surface area contributed by atoms with Gasteiger partial charge in [0.05, 0.1) is 25.4 Å². The molecule has 0 radical (unpaired) electrons. The predicted octanol–water partition coefficient (Wildman–Crippen LogP) is 1.51. The van der Waals surface area contributed by atoms with Gasteiger partial charge in [0.15, 0.2) is 0 Å². The van der Waals surface area contributed by atoms with Crippen LogP contribution in [0.5, 0.6) is 0 Å². The van der Waals surface area contributed by atoms with Gasteiger partial charge < -0.3 is 14.7 Å². The van der Waals surface area contributed by atoms with Gasteiger partial charge in [-0.3, -0.25) is 9.69 Å². The maximum atomic E-state index is 12.6. The van der Waals surface area contributed by atoms with Crippen molar-refractivity contribution < 1.29 is 14.6 Å². The molecule has 2 heterocycles. The van der Waals surface area contributed by atoms with E-state index in [-0.39, 0.29) is 11.9 Å². The number of β-amino-alcohol motifs (C(OH)–C–C–N with tert-alkyl or cyclic N) is 1. The monoisotopic (exact) mass is 344 g/mol. The second kappa shape index (κ2) is 6.72. The molecule has 1 N–H and O–H groups in total. The molecule has 2 saturated heterocycles. The molecule has 0 saturated carbocycles. The zero-order valence-electron chi connectivity index (χ0n) is 12.0. The Morgan fingerprint density at radius 2 is 1.77 bits per heavy atom. The van der Waals surface area contributed by atoms with Crippen molar-refractivity contribution in [2.45, 2.75) is 12.1 Å². The predicted molar refractivity (Wildman–Crippen MR) is 84.6 cm³/mol. The highest BCUT2D eigenvalue weighted by atomic mass is 35.5. The first-order chi connectivity index (χ1) is 10.5. The van der Waals surface area contributed by atoms with Crippen molar-refractivity contribution in [1.82, 2.24) is 9.80 Å². The summed E-state index contributed by atoms with van der Waals surface area (Å²) >= 11 is 11.9. The first-order valence-electron chi connectivity index (χ1n) is 7.30. The minimum absolute atomic E-state index is 0.0393. The first-order valence-corrected chi connectivity index (χ1v) is 8.05. The molecule has 2 aliphatic heterocycles. The topological polar surface area (TPSA) is 53.0 Å². The first kappa shape index (κ1) is 16.0. The lowest BCUT2D eigenvalue weighted by Crippen LogP contribution is -2.49. The van der Waals surface area contributed by atoms with Crippen molar-refractivity contribution in [3.05, 3.63) is 33.8 Å². The average molecular weight is 345 g/mol. The summed E-state index contributed by atoms with van der Waals surface area (Å²) in [7, 11) is 0. The van der Waals surface area contributed by atoms with Gasteiger partial charge in [-0.1, -0.05) is 23.2 Å². The summed E-state index contributed by atoms with van der Waals surface area (Å²) in [5.74, 6) is -0.154. The van der Waals surface area contributed by atoms with Crippen molar-refractivity contribution >= 4 is 29.1 Å². The number of aliphatic hydroxyl groups is 1. The van der Waals surface area contributed by atoms with Crippen LogP contribution in [0, 0.1) is 0 Å². The zero-order chi connectivity index (χ0) is 15.7. The molecule has 1 aromatic carbocycles. The van der Waals surface area contributed by atoms with Gasteiger partial charge in [-0.2, -0.15) is 0 Å². The minimum Gasteiger partial charge on any atom is -0.390 e. The maximum Gasteiger partial charge on any atom is 0.254 e. The highest BCUT2D eigenvalue weighted by molar-refractivity contribution is 6.35. The number of aliphatic hydroxyl groups excluding tert-OH is 1. The van der Waals surface area contributed by atoms with E-state index in [1.54, 1.807) is 23.1 Å². The normalized spacial score (nSPS) is 26.4. The van der Waals surface area contributed by atoms with E-state index in [0.717, 1.165) is 13.1 Å². The molecule has 1 aromatic rings. The van der Waals surface area contributed by atoms with Crippen molar-refractivity contribution in [2.75, 3.05) is 39.4 Å². The van der Waals surface area contributed by atoms with E-state index >= 15 is 0 Å². The summed E-state index contributed by atoms with van der Waals surface area (Å²) < 4.78 is 5.33. The average Bonchev–Trinajstić information content (AvgIpc) is 2.88. The zero-order valence-corrected chi connectivity index (χ0v) is 13.6. The van der Waals surface area contributed by atoms with E-state index in [0.29, 0.717) is 41.9 Å². The second-order valence-electron chi connectivity index (χ2n) is 5.65. The van der Waals surface area contributed by atoms with Crippen molar-refractivity contribution in [2.24, 2.45) is 0 Å². The van der Waals surface area contributed by atoms with Crippen LogP contribution in [-0.4, -0.2) is 72.4 Å². The van der Waals surface area contributed by atoms with E-state index in [1.807, 2.05) is 0 Å². The van der Waals surface area contributed by atoms with Crippen LogP contribution >= 0.6 is 23.2 Å². The number of ether oxygens (including phenoxy) is 1. The summed E-state index contributed by atoms with van der Waals surface area (Å²) in [6.45, 7) is 3.73. The third-order valence-electron chi connectivity index (χ3n) is 4.17. The molecule has 2 fully saturated rings. The molecular weight excluding hydrogens is 327 g/mol. The lowest BCUT2D eigenvalue weighted by molar-refractivity contribution is -0.00611. The number of halogens is 2. The molecule has 0 spiro atoms. The van der Waals surface area contributed by atoms with Gasteiger partial charge in [0.2, 0.25) is 0 Å². The van der Waals surface area contributed by atoms with Crippen LogP contribution in [0.3, 0.4) is 0 Å². The number of hydrogen-bond acceptors (Lipinski definition) is 4. The Hall–Kier alpha value is -0.850. The minimum atomic E-state index is -0.545. The third-order valence-corrected chi connectivity index (χ3v) is 4.61. The Labute approximate surface area is 139 Å². The molecule has 0 unspecified atom stereocenters. The molecule has 22 heavy (non-hydrogen) atoms. The van der Waals surface area contributed by atoms with Crippen molar-refractivity contribution in [3.63, 3.8) is 0 Å². The van der Waals surface area contributed by atoms with Crippen LogP contribution in [0.25, 0.3) is 0 Å². The number of nitrogens with zero attached hydrogens (tertiary/aromatic N) is 2. The van der Waals surface area contributed by atoms with E-state index in [9.17, 15) is 9.90 Å². The number of benzene rings is 1. The number of rotatable bonds is 2. The van der Waals surface area contributed by atoms with Gasteiger partial charge in [-0.15, -0.1) is 0 Å². The highest BCUT2D eigenvalue weighted by Crippen LogP contribution is 2.23. The van der Waals surface area contributed by atoms with Gasteiger partial charge in [0.1, 0.15) is 0 Å². The van der Waals surface area contributed by atoms with E-state index in [4.69, 9.17) is 27.9 Å². The molecule has 7 heteroatoms. The Morgan fingerprint density at radius 1 is 1.14 bits per heavy atom. The molecular formula is C15H18Cl2N2O3. The number of carbonyl (C=O) groups excluding carboxylic acids is 1. The third kappa shape index (κ3) is 3.39. The number of morpholine rings is 1. The fraction of sp³-hybridized carbons (Fsp3) is 0.533. The molecule has 0 aromatic heterocycles. The summed E-state index contributed by atoms with van der Waals surface area (Å²) in [4.78, 5) is 16.4.